The quantitative estimate of drug-likeness (QED) is 0.367. The fourth-order valence-corrected chi connectivity index (χ4v) is 3.73. The van der Waals surface area contributed by atoms with Crippen LogP contribution in [0.3, 0.4) is 0 Å². The molecule has 0 saturated carbocycles. The number of carbonyl (C=O) groups is 1. The lowest BCUT2D eigenvalue weighted by Gasteiger charge is -2.32. The third kappa shape index (κ3) is 5.19. The molecule has 1 amide bonds. The second-order valence-electron chi connectivity index (χ2n) is 7.83. The number of aliphatic hydroxyl groups is 1. The Bertz CT molecular complexity index is 1070. The first kappa shape index (κ1) is 23.1. The van der Waals surface area contributed by atoms with E-state index in [0.717, 1.165) is 17.6 Å². The number of nitriles is 1. The van der Waals surface area contributed by atoms with Crippen LogP contribution in [0.1, 0.15) is 25.3 Å². The molecular formula is C24H27FN5O2+. The van der Waals surface area contributed by atoms with Crippen LogP contribution in [-0.2, 0) is 4.79 Å². The summed E-state index contributed by atoms with van der Waals surface area (Å²) in [7, 11) is 1.60. The molecule has 0 aliphatic carbocycles. The maximum absolute atomic E-state index is 13.1. The predicted molar refractivity (Wildman–Crippen MR) is 121 cm³/mol. The fourth-order valence-electron chi connectivity index (χ4n) is 3.73. The lowest BCUT2D eigenvalue weighted by atomic mass is 10.0. The zero-order valence-electron chi connectivity index (χ0n) is 18.2. The Balaban J connectivity index is 1.82. The number of amides is 1. The normalized spacial score (nSPS) is 15.0. The Morgan fingerprint density at radius 2 is 1.94 bits per heavy atom. The smallest absolute Gasteiger partial charge is 0.265 e. The number of hydrogen-bond donors (Lipinski definition) is 3. The van der Waals surface area contributed by atoms with Crippen molar-refractivity contribution in [2.75, 3.05) is 29.9 Å². The molecule has 4 N–H and O–H groups in total. The molecule has 1 saturated heterocycles. The van der Waals surface area contributed by atoms with E-state index in [1.165, 1.54) is 17.0 Å². The highest BCUT2D eigenvalue weighted by Crippen LogP contribution is 2.28. The molecule has 7 nitrogen and oxygen atoms in total. The van der Waals surface area contributed by atoms with E-state index in [4.69, 9.17) is 5.41 Å². The van der Waals surface area contributed by atoms with Crippen LogP contribution in [0.25, 0.3) is 0 Å². The maximum atomic E-state index is 13.1. The van der Waals surface area contributed by atoms with E-state index in [-0.39, 0.29) is 23.4 Å². The summed E-state index contributed by atoms with van der Waals surface area (Å²) in [5.74, 6) is -0.724. The molecule has 0 aromatic heterocycles. The summed E-state index contributed by atoms with van der Waals surface area (Å²) in [6.45, 7) is 3.07. The molecule has 1 aliphatic heterocycles. The Kier molecular flexibility index (Phi) is 7.36. The molecule has 0 spiro atoms. The summed E-state index contributed by atoms with van der Waals surface area (Å²) in [6.07, 6.45) is 2.01. The van der Waals surface area contributed by atoms with Gasteiger partial charge in [-0.2, -0.15) is 5.26 Å². The molecule has 0 unspecified atom stereocenters. The lowest BCUT2D eigenvalue weighted by molar-refractivity contribution is -0.517. The zero-order valence-corrected chi connectivity index (χ0v) is 18.2. The number of hydrogen-bond acceptors (Lipinski definition) is 5. The van der Waals surface area contributed by atoms with E-state index in [0.29, 0.717) is 42.9 Å². The van der Waals surface area contributed by atoms with Gasteiger partial charge >= 0.3 is 0 Å². The van der Waals surface area contributed by atoms with Gasteiger partial charge in [0.15, 0.2) is 0 Å². The number of allylic oxidation sites excluding steroid dienone is 1. The molecule has 2 aromatic carbocycles. The Morgan fingerprint density at radius 3 is 2.53 bits per heavy atom. The van der Waals surface area contributed by atoms with Gasteiger partial charge in [-0.1, -0.05) is 0 Å². The molecule has 0 bridgehead atoms. The van der Waals surface area contributed by atoms with Crippen molar-refractivity contribution in [2.24, 2.45) is 0 Å². The fraction of sp³-hybridized carbons (Fsp3) is 0.292. The minimum Gasteiger partial charge on any atom is -0.393 e. The van der Waals surface area contributed by atoms with Crippen molar-refractivity contribution >= 4 is 29.2 Å². The number of nitrogens with one attached hydrogen (secondary N) is 1. The van der Waals surface area contributed by atoms with Crippen molar-refractivity contribution < 1.29 is 19.6 Å². The summed E-state index contributed by atoms with van der Waals surface area (Å²) in [4.78, 5) is 16.6. The summed E-state index contributed by atoms with van der Waals surface area (Å²) in [6, 6.07) is 13.4. The molecular weight excluding hydrogens is 409 g/mol. The van der Waals surface area contributed by atoms with Gasteiger partial charge in [0.25, 0.3) is 5.91 Å². The van der Waals surface area contributed by atoms with Crippen LogP contribution in [0.4, 0.5) is 21.5 Å². The van der Waals surface area contributed by atoms with Gasteiger partial charge in [0, 0.05) is 51.1 Å². The molecule has 1 heterocycles. The van der Waals surface area contributed by atoms with Crippen molar-refractivity contribution in [3.8, 4) is 6.07 Å². The molecule has 3 rings (SSSR count). The number of nitrogens with two attached hydrogens (primary N) is 1. The first-order chi connectivity index (χ1) is 15.3. The van der Waals surface area contributed by atoms with Crippen LogP contribution < -0.4 is 15.1 Å². The predicted octanol–water partition coefficient (Wildman–Crippen LogP) is 2.44. The Hall–Kier alpha value is -3.54. The lowest BCUT2D eigenvalue weighted by Crippen LogP contribution is -2.75. The number of quaternary nitrogens is 1. The van der Waals surface area contributed by atoms with Gasteiger partial charge < -0.3 is 20.3 Å². The highest BCUT2D eigenvalue weighted by Gasteiger charge is 2.23. The number of anilines is 2. The van der Waals surface area contributed by atoms with Crippen molar-refractivity contribution in [2.45, 2.75) is 25.9 Å². The summed E-state index contributed by atoms with van der Waals surface area (Å²) < 4.78 is 13.1. The second-order valence-corrected chi connectivity index (χ2v) is 7.83. The van der Waals surface area contributed by atoms with Gasteiger partial charge in [-0.25, -0.2) is 4.39 Å². The SMILES string of the molecule is CC([NH2+]c1ccc(F)cc1)=C(C=N)C(=O)N(C)c1ccc(N2CCC(O)CC2)c(C#N)c1. The third-order valence-electron chi connectivity index (χ3n) is 5.65. The summed E-state index contributed by atoms with van der Waals surface area (Å²) in [5, 5.41) is 28.9. The van der Waals surface area contributed by atoms with Crippen LogP contribution >= 0.6 is 0 Å². The molecule has 2 aromatic rings. The summed E-state index contributed by atoms with van der Waals surface area (Å²) >= 11 is 0. The van der Waals surface area contributed by atoms with Gasteiger partial charge in [-0.05, 0) is 43.2 Å². The zero-order chi connectivity index (χ0) is 23.3. The first-order valence-electron chi connectivity index (χ1n) is 10.4. The van der Waals surface area contributed by atoms with Crippen LogP contribution in [0.2, 0.25) is 0 Å². The molecule has 0 atom stereocenters. The highest BCUT2D eigenvalue weighted by atomic mass is 19.1. The average molecular weight is 437 g/mol. The molecule has 166 valence electrons. The Morgan fingerprint density at radius 1 is 1.28 bits per heavy atom. The van der Waals surface area contributed by atoms with E-state index >= 15 is 0 Å². The van der Waals surface area contributed by atoms with Crippen molar-refractivity contribution in [1.29, 1.82) is 10.7 Å². The van der Waals surface area contributed by atoms with Gasteiger partial charge in [-0.15, -0.1) is 0 Å². The number of carbonyl (C=O) groups excluding carboxylic acids is 1. The number of nitrogens with zero attached hydrogens (tertiary/aromatic N) is 3. The van der Waals surface area contributed by atoms with Crippen LogP contribution in [0.5, 0.6) is 0 Å². The topological polar surface area (TPSA) is 108 Å². The highest BCUT2D eigenvalue weighted by molar-refractivity contribution is 6.18. The average Bonchev–Trinajstić information content (AvgIpc) is 2.80. The third-order valence-corrected chi connectivity index (χ3v) is 5.65. The van der Waals surface area contributed by atoms with E-state index in [9.17, 15) is 19.6 Å². The molecule has 1 fully saturated rings. The molecule has 1 aliphatic rings. The largest absolute Gasteiger partial charge is 0.393 e. The van der Waals surface area contributed by atoms with E-state index in [2.05, 4.69) is 11.0 Å². The van der Waals surface area contributed by atoms with Crippen LogP contribution in [0.15, 0.2) is 53.7 Å². The van der Waals surface area contributed by atoms with Gasteiger partial charge in [0.05, 0.1) is 17.4 Å². The summed E-state index contributed by atoms with van der Waals surface area (Å²) in [5.41, 5.74) is 3.28. The van der Waals surface area contributed by atoms with E-state index in [1.807, 2.05) is 6.07 Å². The standard InChI is InChI=1S/C24H26FN5O2/c1-16(28-19-5-3-18(25)4-6-19)22(15-27)24(32)29(2)20-7-8-23(17(13-20)14-26)30-11-9-21(31)10-12-30/h3-8,13,15,21,27-28,31H,9-12H2,1-2H3/p+1. The van der Waals surface area contributed by atoms with Gasteiger partial charge in [0.1, 0.15) is 28.8 Å². The van der Waals surface area contributed by atoms with Crippen molar-refractivity contribution in [3.05, 3.63) is 65.1 Å². The van der Waals surface area contributed by atoms with Crippen LogP contribution in [-0.4, -0.2) is 43.5 Å². The number of rotatable bonds is 6. The monoisotopic (exact) mass is 436 g/mol. The van der Waals surface area contributed by atoms with E-state index in [1.54, 1.807) is 43.6 Å². The molecule has 0 radical (unpaired) electrons. The van der Waals surface area contributed by atoms with Crippen molar-refractivity contribution in [3.63, 3.8) is 0 Å². The number of likely N-dealkylation sites (N-methyl/N-ethyl adjacent to an activating group) is 1. The first-order valence-corrected chi connectivity index (χ1v) is 10.4. The van der Waals surface area contributed by atoms with E-state index < -0.39 is 0 Å². The van der Waals surface area contributed by atoms with Gasteiger partial charge in [-0.3, -0.25) is 10.1 Å². The minimum absolute atomic E-state index is 0.199. The second kappa shape index (κ2) is 10.2. The molecule has 8 heteroatoms. The number of aliphatic hydroxyl groups excluding tert-OH is 1. The number of halogens is 1. The van der Waals surface area contributed by atoms with Gasteiger partial charge in [0.2, 0.25) is 0 Å². The minimum atomic E-state index is -0.381. The number of piperidine rings is 1. The van der Waals surface area contributed by atoms with Crippen LogP contribution in [0, 0.1) is 22.6 Å². The molecule has 32 heavy (non-hydrogen) atoms. The van der Waals surface area contributed by atoms with Crippen molar-refractivity contribution in [1.82, 2.24) is 0 Å². The maximum Gasteiger partial charge on any atom is 0.265 e. The number of benzene rings is 2. The Labute approximate surface area is 186 Å².